The van der Waals surface area contributed by atoms with Crippen LogP contribution in [0.4, 0.5) is 0 Å². The molecule has 5 nitrogen and oxygen atoms in total. The van der Waals surface area contributed by atoms with Crippen LogP contribution in [0.25, 0.3) is 33.5 Å². The molecule has 0 fully saturated rings. The van der Waals surface area contributed by atoms with Crippen molar-refractivity contribution in [3.05, 3.63) is 59.3 Å². The number of aromatic nitrogens is 2. The average molecular weight is 447 g/mol. The van der Waals surface area contributed by atoms with Crippen LogP contribution in [0.1, 0.15) is 36.2 Å². The highest BCUT2D eigenvalue weighted by molar-refractivity contribution is 5.88. The van der Waals surface area contributed by atoms with Crippen molar-refractivity contribution in [2.24, 2.45) is 5.73 Å². The summed E-state index contributed by atoms with van der Waals surface area (Å²) < 4.78 is 6.05. The number of para-hydroxylation sites is 1. The third-order valence-corrected chi connectivity index (χ3v) is 5.35. The van der Waals surface area contributed by atoms with Crippen LogP contribution >= 0.6 is 24.8 Å². The lowest BCUT2D eigenvalue weighted by Crippen LogP contribution is -2.27. The molecule has 0 aliphatic carbocycles. The molecule has 3 N–H and O–H groups in total. The van der Waals surface area contributed by atoms with Crippen LogP contribution in [0.5, 0.6) is 0 Å². The van der Waals surface area contributed by atoms with Crippen molar-refractivity contribution in [3.63, 3.8) is 0 Å². The Balaban J connectivity index is 0.00000160. The molecule has 2 atom stereocenters. The number of benzene rings is 2. The first-order valence-electron chi connectivity index (χ1n) is 9.67. The maximum Gasteiger partial charge on any atom is 0.196 e. The standard InChI is InChI=1S/C23H26N4O.2ClH/c1-13-9-10-17-21(15(13)3)26-23(27-22(17)18(25-4)11-14(2)24)20-12-16-7-5-6-8-19(16)28-20;;/h5-10,12,14,18,25H,11,24H2,1-4H3;2*1H. The molecular formula is C23H28Cl2N4O. The lowest BCUT2D eigenvalue weighted by molar-refractivity contribution is 0.492. The van der Waals surface area contributed by atoms with Gasteiger partial charge in [-0.05, 0) is 57.5 Å². The molecule has 7 heteroatoms. The van der Waals surface area contributed by atoms with Crippen LogP contribution in [0.3, 0.4) is 0 Å². The fraction of sp³-hybridized carbons (Fsp3) is 0.304. The summed E-state index contributed by atoms with van der Waals surface area (Å²) in [5.41, 5.74) is 11.2. The summed E-state index contributed by atoms with van der Waals surface area (Å²) in [4.78, 5) is 9.83. The third-order valence-electron chi connectivity index (χ3n) is 5.35. The second-order valence-corrected chi connectivity index (χ2v) is 7.54. The quantitative estimate of drug-likeness (QED) is 0.422. The molecule has 160 valence electrons. The number of fused-ring (bicyclic) bond motifs is 2. The first-order chi connectivity index (χ1) is 13.5. The Labute approximate surface area is 189 Å². The monoisotopic (exact) mass is 446 g/mol. The van der Waals surface area contributed by atoms with Crippen molar-refractivity contribution in [3.8, 4) is 11.6 Å². The summed E-state index contributed by atoms with van der Waals surface area (Å²) >= 11 is 0. The first-order valence-corrected chi connectivity index (χ1v) is 9.67. The minimum absolute atomic E-state index is 0. The molecule has 0 aliphatic rings. The van der Waals surface area contributed by atoms with Crippen LogP contribution in [0, 0.1) is 13.8 Å². The number of halogens is 2. The lowest BCUT2D eigenvalue weighted by atomic mass is 9.98. The highest BCUT2D eigenvalue weighted by Gasteiger charge is 2.21. The van der Waals surface area contributed by atoms with Gasteiger partial charge in [-0.15, -0.1) is 24.8 Å². The predicted molar refractivity (Wildman–Crippen MR) is 129 cm³/mol. The van der Waals surface area contributed by atoms with Gasteiger partial charge in [-0.1, -0.05) is 30.3 Å². The Hall–Kier alpha value is -2.18. The van der Waals surface area contributed by atoms with Gasteiger partial charge in [-0.2, -0.15) is 0 Å². The van der Waals surface area contributed by atoms with Gasteiger partial charge in [0.1, 0.15) is 5.58 Å². The Morgan fingerprint density at radius 1 is 1.07 bits per heavy atom. The van der Waals surface area contributed by atoms with Crippen molar-refractivity contribution in [1.29, 1.82) is 0 Å². The fourth-order valence-corrected chi connectivity index (χ4v) is 3.66. The van der Waals surface area contributed by atoms with Crippen molar-refractivity contribution < 1.29 is 4.42 Å². The average Bonchev–Trinajstić information content (AvgIpc) is 3.12. The van der Waals surface area contributed by atoms with Gasteiger partial charge in [0.05, 0.1) is 17.3 Å². The van der Waals surface area contributed by atoms with Crippen LogP contribution in [0.2, 0.25) is 0 Å². The fourth-order valence-electron chi connectivity index (χ4n) is 3.66. The highest BCUT2D eigenvalue weighted by atomic mass is 35.5. The molecule has 0 saturated heterocycles. The van der Waals surface area contributed by atoms with Gasteiger partial charge in [0, 0.05) is 16.8 Å². The zero-order chi connectivity index (χ0) is 19.8. The Bertz CT molecular complexity index is 1120. The van der Waals surface area contributed by atoms with Gasteiger partial charge >= 0.3 is 0 Å². The summed E-state index contributed by atoms with van der Waals surface area (Å²) in [5, 5.41) is 5.48. The van der Waals surface area contributed by atoms with E-state index < -0.39 is 0 Å². The number of nitrogens with two attached hydrogens (primary N) is 1. The first kappa shape index (κ1) is 24.1. The molecule has 4 aromatic rings. The number of aryl methyl sites for hydroxylation is 2. The molecule has 4 rings (SSSR count). The van der Waals surface area contributed by atoms with E-state index in [1.54, 1.807) is 0 Å². The van der Waals surface area contributed by atoms with Gasteiger partial charge in [0.25, 0.3) is 0 Å². The molecule has 0 bridgehead atoms. The number of rotatable bonds is 5. The topological polar surface area (TPSA) is 77.0 Å². The van der Waals surface area contributed by atoms with Crippen molar-refractivity contribution in [2.45, 2.75) is 39.3 Å². The maximum atomic E-state index is 6.10. The van der Waals surface area contributed by atoms with Crippen molar-refractivity contribution in [1.82, 2.24) is 15.3 Å². The molecule has 0 radical (unpaired) electrons. The molecule has 0 amide bonds. The number of hydrogen-bond donors (Lipinski definition) is 2. The van der Waals surface area contributed by atoms with Crippen molar-refractivity contribution >= 4 is 46.7 Å². The molecule has 30 heavy (non-hydrogen) atoms. The molecule has 2 heterocycles. The number of hydrogen-bond acceptors (Lipinski definition) is 5. The minimum atomic E-state index is 0. The number of nitrogens with zero attached hydrogens (tertiary/aromatic N) is 2. The van der Waals surface area contributed by atoms with E-state index in [2.05, 4.69) is 31.3 Å². The third kappa shape index (κ3) is 4.44. The second-order valence-electron chi connectivity index (χ2n) is 7.54. The number of nitrogens with one attached hydrogen (secondary N) is 1. The normalized spacial score (nSPS) is 13.0. The minimum Gasteiger partial charge on any atom is -0.453 e. The molecule has 0 saturated carbocycles. The summed E-state index contributed by atoms with van der Waals surface area (Å²) in [5.74, 6) is 1.29. The van der Waals surface area contributed by atoms with Gasteiger partial charge in [-0.25, -0.2) is 9.97 Å². The molecule has 2 unspecified atom stereocenters. The second kappa shape index (κ2) is 9.75. The summed E-state index contributed by atoms with van der Waals surface area (Å²) in [6.07, 6.45) is 0.787. The predicted octanol–water partition coefficient (Wildman–Crippen LogP) is 5.50. The summed E-state index contributed by atoms with van der Waals surface area (Å²) in [6.45, 7) is 6.23. The van der Waals surface area contributed by atoms with E-state index in [-0.39, 0.29) is 36.9 Å². The molecular weight excluding hydrogens is 419 g/mol. The Morgan fingerprint density at radius 3 is 2.47 bits per heavy atom. The Morgan fingerprint density at radius 2 is 1.80 bits per heavy atom. The molecule has 0 aliphatic heterocycles. The van der Waals surface area contributed by atoms with Crippen LogP contribution in [-0.4, -0.2) is 23.1 Å². The van der Waals surface area contributed by atoms with Gasteiger partial charge in [-0.3, -0.25) is 0 Å². The Kier molecular flexibility index (Phi) is 7.83. The van der Waals surface area contributed by atoms with E-state index in [1.807, 2.05) is 44.3 Å². The van der Waals surface area contributed by atoms with E-state index >= 15 is 0 Å². The maximum absolute atomic E-state index is 6.10. The van der Waals surface area contributed by atoms with E-state index in [0.29, 0.717) is 11.6 Å². The largest absolute Gasteiger partial charge is 0.453 e. The molecule has 2 aromatic heterocycles. The smallest absolute Gasteiger partial charge is 0.196 e. The molecule has 0 spiro atoms. The van der Waals surface area contributed by atoms with Crippen molar-refractivity contribution in [2.75, 3.05) is 7.05 Å². The van der Waals surface area contributed by atoms with Gasteiger partial charge in [0.2, 0.25) is 0 Å². The van der Waals surface area contributed by atoms with E-state index in [9.17, 15) is 0 Å². The SMILES string of the molecule is CNC(CC(C)N)c1nc(-c2cc3ccccc3o2)nc2c(C)c(C)ccc12.Cl.Cl. The van der Waals surface area contributed by atoms with E-state index in [4.69, 9.17) is 20.1 Å². The highest BCUT2D eigenvalue weighted by Crippen LogP contribution is 2.32. The summed E-state index contributed by atoms with van der Waals surface area (Å²) in [7, 11) is 1.95. The van der Waals surface area contributed by atoms with Crippen LogP contribution in [0.15, 0.2) is 46.9 Å². The lowest BCUT2D eigenvalue weighted by Gasteiger charge is -2.20. The van der Waals surface area contributed by atoms with Gasteiger partial charge < -0.3 is 15.5 Å². The zero-order valence-corrected chi connectivity index (χ0v) is 19.2. The van der Waals surface area contributed by atoms with Crippen LogP contribution < -0.4 is 11.1 Å². The van der Waals surface area contributed by atoms with E-state index in [1.165, 1.54) is 5.56 Å². The summed E-state index contributed by atoms with van der Waals surface area (Å²) in [6, 6.07) is 14.3. The van der Waals surface area contributed by atoms with E-state index in [0.717, 1.165) is 39.6 Å². The van der Waals surface area contributed by atoms with Crippen LogP contribution in [-0.2, 0) is 0 Å². The van der Waals surface area contributed by atoms with Gasteiger partial charge in [0.15, 0.2) is 11.6 Å². The molecule has 2 aromatic carbocycles. The zero-order valence-electron chi connectivity index (χ0n) is 17.6. The number of furan rings is 1.